The Balaban J connectivity index is 2.32. The summed E-state index contributed by atoms with van der Waals surface area (Å²) in [6.45, 7) is 21.8. The largest absolute Gasteiger partial charge is 0.0776 e. The number of aryl methyl sites for hydroxylation is 1. The fourth-order valence-electron chi connectivity index (χ4n) is 4.14. The quantitative estimate of drug-likeness (QED) is 0.442. The number of hydrogen-bond acceptors (Lipinski definition) is 0. The molecule has 0 heterocycles. The Morgan fingerprint density at radius 2 is 1.41 bits per heavy atom. The van der Waals surface area contributed by atoms with Crippen molar-refractivity contribution in [3.05, 3.63) is 59.0 Å². The van der Waals surface area contributed by atoms with Crippen LogP contribution in [0.5, 0.6) is 0 Å². The van der Waals surface area contributed by atoms with Crippen LogP contribution < -0.4 is 10.4 Å². The van der Waals surface area contributed by atoms with Gasteiger partial charge in [0.15, 0.2) is 0 Å². The summed E-state index contributed by atoms with van der Waals surface area (Å²) in [5.41, 5.74) is 8.77. The van der Waals surface area contributed by atoms with Gasteiger partial charge >= 0.3 is 0 Å². The van der Waals surface area contributed by atoms with Crippen molar-refractivity contribution in [1.82, 2.24) is 0 Å². The maximum atomic E-state index is 2.55. The van der Waals surface area contributed by atoms with E-state index < -0.39 is 16.1 Å². The monoisotopic (exact) mass is 419 g/mol. The fourth-order valence-corrected chi connectivity index (χ4v) is 6.64. The van der Waals surface area contributed by atoms with Gasteiger partial charge in [-0.05, 0) is 40.2 Å². The Morgan fingerprint density at radius 1 is 0.828 bits per heavy atom. The van der Waals surface area contributed by atoms with Crippen LogP contribution in [0.3, 0.4) is 0 Å². The Hall–Kier alpha value is -1.39. The average molecular weight is 420 g/mol. The van der Waals surface area contributed by atoms with Gasteiger partial charge in [-0.15, -0.1) is 0 Å². The van der Waals surface area contributed by atoms with Crippen LogP contribution in [0.4, 0.5) is 0 Å². The molecule has 155 valence electrons. The molecule has 1 radical (unpaired) electrons. The highest BCUT2D eigenvalue weighted by atomic mass is 28.3. The molecule has 0 bridgehead atoms. The van der Waals surface area contributed by atoms with Crippen molar-refractivity contribution in [2.24, 2.45) is 5.92 Å². The van der Waals surface area contributed by atoms with Crippen LogP contribution in [-0.2, 0) is 6.42 Å². The normalized spacial score (nSPS) is 14.3. The average Bonchev–Trinajstić information content (AvgIpc) is 3.04. The molecule has 0 saturated carbocycles. The van der Waals surface area contributed by atoms with Gasteiger partial charge in [0.05, 0.1) is 16.1 Å². The second kappa shape index (κ2) is 8.04. The van der Waals surface area contributed by atoms with E-state index in [1.165, 1.54) is 39.8 Å². The Labute approximate surface area is 181 Å². The fraction of sp³-hybridized carbons (Fsp3) is 0.444. The van der Waals surface area contributed by atoms with Gasteiger partial charge in [-0.2, -0.15) is 0 Å². The topological polar surface area (TPSA) is 0 Å². The van der Waals surface area contributed by atoms with E-state index in [1.807, 2.05) is 0 Å². The molecule has 2 heteroatoms. The van der Waals surface area contributed by atoms with Gasteiger partial charge in [0, 0.05) is 6.42 Å². The van der Waals surface area contributed by atoms with E-state index in [0.29, 0.717) is 5.92 Å². The van der Waals surface area contributed by atoms with Crippen molar-refractivity contribution in [2.75, 3.05) is 0 Å². The predicted molar refractivity (Wildman–Crippen MR) is 138 cm³/mol. The first-order valence-corrected chi connectivity index (χ1v) is 18.3. The second-order valence-electron chi connectivity index (χ2n) is 11.1. The van der Waals surface area contributed by atoms with Crippen molar-refractivity contribution in [2.45, 2.75) is 72.9 Å². The third kappa shape index (κ3) is 4.69. The highest BCUT2D eigenvalue weighted by molar-refractivity contribution is 6.91. The maximum Gasteiger partial charge on any atom is 0.0776 e. The summed E-state index contributed by atoms with van der Waals surface area (Å²) in [4.78, 5) is 0. The van der Waals surface area contributed by atoms with Gasteiger partial charge in [-0.25, -0.2) is 0 Å². The van der Waals surface area contributed by atoms with Gasteiger partial charge in [-0.1, -0.05) is 119 Å². The molecule has 0 spiro atoms. The summed E-state index contributed by atoms with van der Waals surface area (Å²) in [6, 6.07) is 12.3. The van der Waals surface area contributed by atoms with Gasteiger partial charge in [-0.3, -0.25) is 0 Å². The molecule has 0 fully saturated rings. The van der Waals surface area contributed by atoms with Crippen LogP contribution >= 0.6 is 0 Å². The molecule has 0 aromatic heterocycles. The lowest BCUT2D eigenvalue weighted by Gasteiger charge is -2.25. The van der Waals surface area contributed by atoms with E-state index in [9.17, 15) is 0 Å². The molecular weight excluding hydrogens is 380 g/mol. The van der Waals surface area contributed by atoms with Gasteiger partial charge in [0.25, 0.3) is 0 Å². The van der Waals surface area contributed by atoms with Crippen LogP contribution in [-0.4, -0.2) is 16.1 Å². The summed E-state index contributed by atoms with van der Waals surface area (Å²) < 4.78 is 0. The van der Waals surface area contributed by atoms with Gasteiger partial charge in [0.1, 0.15) is 0 Å². The predicted octanol–water partition coefficient (Wildman–Crippen LogP) is 7.00. The SMILES string of the molecule is CCCc1ccc2c(c1-c1cc([Si](C)(C)C)cc([Si](C)(C)C)c1)C=C(C(C)C)[CH]2. The molecule has 0 N–H and O–H groups in total. The van der Waals surface area contributed by atoms with Gasteiger partial charge in [0.2, 0.25) is 0 Å². The second-order valence-corrected chi connectivity index (χ2v) is 21.2. The lowest BCUT2D eigenvalue weighted by molar-refractivity contribution is 0.789. The number of rotatable bonds is 6. The van der Waals surface area contributed by atoms with Crippen molar-refractivity contribution in [3.63, 3.8) is 0 Å². The smallest absolute Gasteiger partial charge is 0.0656 e. The van der Waals surface area contributed by atoms with Crippen molar-refractivity contribution < 1.29 is 0 Å². The van der Waals surface area contributed by atoms with Crippen LogP contribution in [0.2, 0.25) is 39.3 Å². The molecule has 2 aromatic carbocycles. The minimum Gasteiger partial charge on any atom is -0.0656 e. The zero-order chi connectivity index (χ0) is 21.6. The standard InChI is InChI=1S/C27H39Si2/c1-10-11-20-12-13-21-14-22(19(2)3)17-26(21)27(20)23-15-24(28(4,5)6)18-25(16-23)29(7,8)9/h12-19H,10-11H2,1-9H3. The molecular formula is C27H39Si2. The Morgan fingerprint density at radius 3 is 1.90 bits per heavy atom. The highest BCUT2D eigenvalue weighted by Gasteiger charge is 2.26. The van der Waals surface area contributed by atoms with Crippen molar-refractivity contribution in [3.8, 4) is 11.1 Å². The minimum absolute atomic E-state index is 0.565. The molecule has 0 aliphatic heterocycles. The third-order valence-electron chi connectivity index (χ3n) is 6.14. The number of hydrogen-bond donors (Lipinski definition) is 0. The first-order valence-electron chi connectivity index (χ1n) is 11.3. The van der Waals surface area contributed by atoms with Crippen molar-refractivity contribution in [1.29, 1.82) is 0 Å². The lowest BCUT2D eigenvalue weighted by Crippen LogP contribution is -2.45. The molecule has 0 saturated heterocycles. The Bertz CT molecular complexity index is 902. The van der Waals surface area contributed by atoms with Crippen LogP contribution in [0.1, 0.15) is 43.9 Å². The van der Waals surface area contributed by atoms with E-state index in [1.54, 1.807) is 10.4 Å². The molecule has 1 aliphatic carbocycles. The molecule has 2 aromatic rings. The molecule has 1 aliphatic rings. The summed E-state index contributed by atoms with van der Waals surface area (Å²) in [6.07, 6.45) is 7.20. The zero-order valence-electron chi connectivity index (χ0n) is 20.0. The minimum atomic E-state index is -1.40. The molecule has 29 heavy (non-hydrogen) atoms. The van der Waals surface area contributed by atoms with Crippen LogP contribution in [0.25, 0.3) is 17.2 Å². The van der Waals surface area contributed by atoms with E-state index in [0.717, 1.165) is 6.42 Å². The number of benzene rings is 2. The highest BCUT2D eigenvalue weighted by Crippen LogP contribution is 2.39. The van der Waals surface area contributed by atoms with E-state index in [4.69, 9.17) is 0 Å². The number of fused-ring (bicyclic) bond motifs is 1. The summed E-state index contributed by atoms with van der Waals surface area (Å²) in [5.74, 6) is 0.565. The molecule has 3 rings (SSSR count). The Kier molecular flexibility index (Phi) is 6.18. The van der Waals surface area contributed by atoms with Gasteiger partial charge < -0.3 is 0 Å². The van der Waals surface area contributed by atoms with E-state index >= 15 is 0 Å². The van der Waals surface area contributed by atoms with Crippen LogP contribution in [0.15, 0.2) is 35.9 Å². The van der Waals surface area contributed by atoms with E-state index in [-0.39, 0.29) is 0 Å². The number of allylic oxidation sites excluding steroid dienone is 1. The van der Waals surface area contributed by atoms with Crippen molar-refractivity contribution >= 4 is 32.6 Å². The zero-order valence-corrected chi connectivity index (χ0v) is 22.0. The molecule has 0 unspecified atom stereocenters. The maximum absolute atomic E-state index is 2.55. The summed E-state index contributed by atoms with van der Waals surface area (Å²) in [5, 5.41) is 3.20. The third-order valence-corrected chi connectivity index (χ3v) is 10.2. The molecule has 0 amide bonds. The van der Waals surface area contributed by atoms with E-state index in [2.05, 4.69) is 103 Å². The molecule has 0 atom stereocenters. The molecule has 0 nitrogen and oxygen atoms in total. The first kappa shape index (κ1) is 22.3. The summed E-state index contributed by atoms with van der Waals surface area (Å²) >= 11 is 0. The first-order chi connectivity index (χ1) is 13.4. The lowest BCUT2D eigenvalue weighted by atomic mass is 9.90. The summed E-state index contributed by atoms with van der Waals surface area (Å²) in [7, 11) is -2.80. The van der Waals surface area contributed by atoms with Crippen LogP contribution in [0, 0.1) is 12.3 Å².